The minimum Gasteiger partial charge on any atom is -0.314 e. The summed E-state index contributed by atoms with van der Waals surface area (Å²) in [6.07, 6.45) is 6.05. The lowest BCUT2D eigenvalue weighted by Gasteiger charge is -2.33. The van der Waals surface area contributed by atoms with E-state index >= 15 is 0 Å². The van der Waals surface area contributed by atoms with E-state index in [0.717, 1.165) is 35.6 Å². The standard InChI is InChI=1S/C16H28N2/c1-10-8-17-11(2)5-6-18(9-10)16-14-12-3-4-13(7-12)15(14)16/h10-17H,3-9H2,1-2H3. The molecule has 2 bridgehead atoms. The lowest BCUT2D eigenvalue weighted by Crippen LogP contribution is -2.44. The van der Waals surface area contributed by atoms with E-state index in [9.17, 15) is 0 Å². The summed E-state index contributed by atoms with van der Waals surface area (Å²) in [5, 5.41) is 3.67. The predicted octanol–water partition coefficient (Wildman–Crippen LogP) is 2.35. The number of nitrogens with zero attached hydrogens (tertiary/aromatic N) is 1. The molecule has 3 aliphatic carbocycles. The van der Waals surface area contributed by atoms with E-state index < -0.39 is 0 Å². The fraction of sp³-hybridized carbons (Fsp3) is 1.00. The maximum Gasteiger partial charge on any atom is 0.0164 e. The number of hydrogen-bond acceptors (Lipinski definition) is 2. The van der Waals surface area contributed by atoms with Gasteiger partial charge in [-0.2, -0.15) is 0 Å². The number of hydrogen-bond donors (Lipinski definition) is 1. The molecule has 1 aliphatic heterocycles. The largest absolute Gasteiger partial charge is 0.314 e. The highest BCUT2D eigenvalue weighted by Crippen LogP contribution is 2.67. The van der Waals surface area contributed by atoms with Gasteiger partial charge in [-0.05, 0) is 75.3 Å². The Kier molecular flexibility index (Phi) is 2.74. The third-order valence-electron chi connectivity index (χ3n) is 6.33. The van der Waals surface area contributed by atoms with Crippen molar-refractivity contribution in [3.8, 4) is 0 Å². The first-order valence-electron chi connectivity index (χ1n) is 8.21. The summed E-state index contributed by atoms with van der Waals surface area (Å²) in [5.41, 5.74) is 0. The van der Waals surface area contributed by atoms with Crippen LogP contribution in [0.25, 0.3) is 0 Å². The number of rotatable bonds is 1. The second kappa shape index (κ2) is 4.21. The average Bonchev–Trinajstić information content (AvgIpc) is 2.77. The summed E-state index contributed by atoms with van der Waals surface area (Å²) < 4.78 is 0. The molecule has 1 heterocycles. The second-order valence-corrected chi connectivity index (χ2v) is 7.68. The van der Waals surface area contributed by atoms with Crippen molar-refractivity contribution >= 4 is 0 Å². The molecule has 1 N–H and O–H groups in total. The number of nitrogens with one attached hydrogen (secondary N) is 1. The van der Waals surface area contributed by atoms with Crippen LogP contribution in [0.1, 0.15) is 39.5 Å². The normalized spacial score (nSPS) is 56.0. The Hall–Kier alpha value is -0.0800. The van der Waals surface area contributed by atoms with Crippen LogP contribution in [0.3, 0.4) is 0 Å². The monoisotopic (exact) mass is 248 g/mol. The van der Waals surface area contributed by atoms with Gasteiger partial charge in [0.2, 0.25) is 0 Å². The molecule has 4 rings (SSSR count). The van der Waals surface area contributed by atoms with Crippen LogP contribution in [0.15, 0.2) is 0 Å². The maximum atomic E-state index is 3.67. The van der Waals surface area contributed by atoms with Gasteiger partial charge in [-0.15, -0.1) is 0 Å². The lowest BCUT2D eigenvalue weighted by atomic mass is 10.0. The van der Waals surface area contributed by atoms with Crippen LogP contribution in [-0.2, 0) is 0 Å². The van der Waals surface area contributed by atoms with Gasteiger partial charge in [-0.1, -0.05) is 6.92 Å². The molecular formula is C16H28N2. The van der Waals surface area contributed by atoms with E-state index in [4.69, 9.17) is 0 Å². The van der Waals surface area contributed by atoms with E-state index in [1.807, 2.05) is 0 Å². The maximum absolute atomic E-state index is 3.67. The summed E-state index contributed by atoms with van der Waals surface area (Å²) >= 11 is 0. The molecule has 6 atom stereocenters. The van der Waals surface area contributed by atoms with Gasteiger partial charge in [0.05, 0.1) is 0 Å². The highest BCUT2D eigenvalue weighted by atomic mass is 15.2. The molecule has 102 valence electrons. The quantitative estimate of drug-likeness (QED) is 0.766. The van der Waals surface area contributed by atoms with Gasteiger partial charge in [-0.25, -0.2) is 0 Å². The molecule has 6 unspecified atom stereocenters. The molecule has 0 spiro atoms. The highest BCUT2D eigenvalue weighted by molar-refractivity contribution is 5.17. The molecule has 0 aromatic carbocycles. The van der Waals surface area contributed by atoms with Gasteiger partial charge < -0.3 is 5.32 Å². The van der Waals surface area contributed by atoms with Crippen molar-refractivity contribution < 1.29 is 0 Å². The zero-order chi connectivity index (χ0) is 12.3. The first-order valence-corrected chi connectivity index (χ1v) is 8.21. The molecule has 0 aromatic heterocycles. The van der Waals surface area contributed by atoms with Crippen molar-refractivity contribution in [3.05, 3.63) is 0 Å². The summed E-state index contributed by atoms with van der Waals surface area (Å²) in [6.45, 7) is 8.68. The third-order valence-corrected chi connectivity index (χ3v) is 6.33. The van der Waals surface area contributed by atoms with Crippen molar-refractivity contribution in [3.63, 3.8) is 0 Å². The predicted molar refractivity (Wildman–Crippen MR) is 74.4 cm³/mol. The summed E-state index contributed by atoms with van der Waals surface area (Å²) in [5.74, 6) is 5.33. The van der Waals surface area contributed by atoms with Crippen LogP contribution in [0, 0.1) is 29.6 Å². The topological polar surface area (TPSA) is 15.3 Å². The van der Waals surface area contributed by atoms with Gasteiger partial charge >= 0.3 is 0 Å². The minimum atomic E-state index is 0.713. The highest BCUT2D eigenvalue weighted by Gasteiger charge is 2.66. The summed E-state index contributed by atoms with van der Waals surface area (Å²) in [7, 11) is 0. The zero-order valence-electron chi connectivity index (χ0n) is 11.9. The van der Waals surface area contributed by atoms with Crippen molar-refractivity contribution in [2.45, 2.75) is 51.6 Å². The Morgan fingerprint density at radius 2 is 1.72 bits per heavy atom. The van der Waals surface area contributed by atoms with Gasteiger partial charge in [-0.3, -0.25) is 4.90 Å². The Labute approximate surface area is 111 Å². The first kappa shape index (κ1) is 11.7. The van der Waals surface area contributed by atoms with Crippen LogP contribution in [0.5, 0.6) is 0 Å². The minimum absolute atomic E-state index is 0.713. The zero-order valence-corrected chi connectivity index (χ0v) is 11.9. The van der Waals surface area contributed by atoms with Crippen LogP contribution >= 0.6 is 0 Å². The van der Waals surface area contributed by atoms with E-state index in [1.54, 1.807) is 19.3 Å². The molecule has 0 radical (unpaired) electrons. The molecule has 2 heteroatoms. The number of fused-ring (bicyclic) bond motifs is 5. The van der Waals surface area contributed by atoms with Crippen molar-refractivity contribution in [1.29, 1.82) is 0 Å². The van der Waals surface area contributed by atoms with Crippen LogP contribution < -0.4 is 5.32 Å². The van der Waals surface area contributed by atoms with Gasteiger partial charge in [0.15, 0.2) is 0 Å². The van der Waals surface area contributed by atoms with Crippen LogP contribution in [0.4, 0.5) is 0 Å². The molecule has 4 fully saturated rings. The van der Waals surface area contributed by atoms with Crippen molar-refractivity contribution in [1.82, 2.24) is 10.2 Å². The molecule has 18 heavy (non-hydrogen) atoms. The fourth-order valence-corrected chi connectivity index (χ4v) is 5.46. The van der Waals surface area contributed by atoms with Crippen molar-refractivity contribution in [2.75, 3.05) is 19.6 Å². The van der Waals surface area contributed by atoms with Crippen LogP contribution in [-0.4, -0.2) is 36.6 Å². The smallest absolute Gasteiger partial charge is 0.0164 e. The van der Waals surface area contributed by atoms with E-state index in [1.165, 1.54) is 26.1 Å². The van der Waals surface area contributed by atoms with E-state index in [-0.39, 0.29) is 0 Å². The van der Waals surface area contributed by atoms with Crippen molar-refractivity contribution in [2.24, 2.45) is 29.6 Å². The summed E-state index contributed by atoms with van der Waals surface area (Å²) in [4.78, 5) is 2.89. The molecule has 3 saturated carbocycles. The summed E-state index contributed by atoms with van der Waals surface area (Å²) in [6, 6.07) is 1.72. The lowest BCUT2D eigenvalue weighted by molar-refractivity contribution is 0.167. The fourth-order valence-electron chi connectivity index (χ4n) is 5.46. The van der Waals surface area contributed by atoms with E-state index in [0.29, 0.717) is 6.04 Å². The molecular weight excluding hydrogens is 220 g/mol. The Bertz CT molecular complexity index is 313. The molecule has 0 aromatic rings. The first-order chi connectivity index (χ1) is 8.74. The average molecular weight is 248 g/mol. The van der Waals surface area contributed by atoms with Crippen LogP contribution in [0.2, 0.25) is 0 Å². The Balaban J connectivity index is 1.45. The molecule has 0 amide bonds. The SMILES string of the molecule is CC1CNC(C)CCN(C2C3C4CCC(C4)C32)C1. The van der Waals surface area contributed by atoms with Gasteiger partial charge in [0.1, 0.15) is 0 Å². The van der Waals surface area contributed by atoms with Gasteiger partial charge in [0, 0.05) is 18.6 Å². The third kappa shape index (κ3) is 1.76. The molecule has 4 aliphatic rings. The van der Waals surface area contributed by atoms with Gasteiger partial charge in [0.25, 0.3) is 0 Å². The Morgan fingerprint density at radius 3 is 2.44 bits per heavy atom. The molecule has 1 saturated heterocycles. The second-order valence-electron chi connectivity index (χ2n) is 7.68. The molecule has 2 nitrogen and oxygen atoms in total. The Morgan fingerprint density at radius 1 is 1.00 bits per heavy atom. The van der Waals surface area contributed by atoms with E-state index in [2.05, 4.69) is 24.1 Å².